The molecule has 0 bridgehead atoms. The first kappa shape index (κ1) is 36.1. The topological polar surface area (TPSA) is 3.24 Å². The normalized spacial score (nSPS) is 17.7. The third-order valence-corrected chi connectivity index (χ3v) is 13.7. The lowest BCUT2D eigenvalue weighted by molar-refractivity contribution is 0.490. The van der Waals surface area contributed by atoms with E-state index >= 15 is 0 Å². The van der Waals surface area contributed by atoms with E-state index in [1.54, 1.807) is 0 Å². The summed E-state index contributed by atoms with van der Waals surface area (Å²) in [6, 6.07) is 72.4. The van der Waals surface area contributed by atoms with Gasteiger partial charge in [0.25, 0.3) is 0 Å². The summed E-state index contributed by atoms with van der Waals surface area (Å²) in [5.41, 5.74) is 21.5. The summed E-state index contributed by atoms with van der Waals surface area (Å²) in [4.78, 5) is 2.47. The molecule has 3 aliphatic carbocycles. The molecule has 1 atom stereocenters. The first-order valence-electron chi connectivity index (χ1n) is 21.4. The van der Waals surface area contributed by atoms with Gasteiger partial charge in [0, 0.05) is 22.4 Å². The highest BCUT2D eigenvalue weighted by Crippen LogP contribution is 2.58. The van der Waals surface area contributed by atoms with Crippen LogP contribution in [0.5, 0.6) is 0 Å². The molecule has 0 aliphatic heterocycles. The second kappa shape index (κ2) is 14.1. The Labute approximate surface area is 354 Å². The standard InChI is InChI=1S/C59H47N/c1-40-19-18-22-43(37-44-34-33-42(41-20-6-4-7-21-41)38-55(44)59(40)53-30-15-11-27-49(53)50-28-12-16-31-54(50)59)47-25-13-17-32-57(47)60(45-23-8-5-9-24-45)46-35-36-51-48-26-10-14-29-52(48)58(2,3)56(51)39-46/h4-36,38-40H,37H2,1-3H3/b19-18-,43-22+. The van der Waals surface area contributed by atoms with Gasteiger partial charge < -0.3 is 4.90 Å². The fourth-order valence-electron chi connectivity index (χ4n) is 10.9. The van der Waals surface area contributed by atoms with E-state index in [0.717, 1.165) is 23.5 Å². The minimum absolute atomic E-state index is 0.110. The highest BCUT2D eigenvalue weighted by atomic mass is 15.1. The molecule has 8 aromatic rings. The maximum atomic E-state index is 2.52. The smallest absolute Gasteiger partial charge is 0.0536 e. The van der Waals surface area contributed by atoms with Crippen molar-refractivity contribution in [3.8, 4) is 33.4 Å². The third kappa shape index (κ3) is 5.46. The quantitative estimate of drug-likeness (QED) is 0.169. The summed E-state index contributed by atoms with van der Waals surface area (Å²) in [6.45, 7) is 7.16. The van der Waals surface area contributed by atoms with E-state index in [1.807, 2.05) is 0 Å². The van der Waals surface area contributed by atoms with Crippen molar-refractivity contribution >= 4 is 22.6 Å². The fraction of sp³-hybridized carbons (Fsp3) is 0.119. The number of para-hydroxylation sites is 2. The van der Waals surface area contributed by atoms with Crippen LogP contribution in [0.2, 0.25) is 0 Å². The molecule has 3 aliphatic rings. The Balaban J connectivity index is 1.11. The van der Waals surface area contributed by atoms with Gasteiger partial charge in [-0.25, -0.2) is 0 Å². The van der Waals surface area contributed by atoms with E-state index < -0.39 is 0 Å². The Morgan fingerprint density at radius 3 is 1.72 bits per heavy atom. The number of hydrogen-bond acceptors (Lipinski definition) is 1. The van der Waals surface area contributed by atoms with Crippen LogP contribution in [-0.2, 0) is 17.3 Å². The van der Waals surface area contributed by atoms with Crippen LogP contribution in [0.15, 0.2) is 212 Å². The van der Waals surface area contributed by atoms with Crippen molar-refractivity contribution in [1.82, 2.24) is 0 Å². The lowest BCUT2D eigenvalue weighted by Gasteiger charge is -2.39. The Morgan fingerprint density at radius 2 is 1.02 bits per heavy atom. The lowest BCUT2D eigenvalue weighted by Crippen LogP contribution is -2.35. The molecule has 288 valence electrons. The predicted molar refractivity (Wildman–Crippen MR) is 252 cm³/mol. The highest BCUT2D eigenvalue weighted by molar-refractivity contribution is 5.91. The number of anilines is 3. The van der Waals surface area contributed by atoms with Gasteiger partial charge in [-0.3, -0.25) is 0 Å². The van der Waals surface area contributed by atoms with Crippen molar-refractivity contribution < 1.29 is 0 Å². The molecule has 0 saturated heterocycles. The van der Waals surface area contributed by atoms with Crippen LogP contribution in [0.1, 0.15) is 59.7 Å². The van der Waals surface area contributed by atoms with Crippen molar-refractivity contribution in [3.63, 3.8) is 0 Å². The summed E-state index contributed by atoms with van der Waals surface area (Å²) in [6.07, 6.45) is 7.97. The van der Waals surface area contributed by atoms with Gasteiger partial charge in [0.1, 0.15) is 0 Å². The number of nitrogens with zero attached hydrogens (tertiary/aromatic N) is 1. The second-order valence-corrected chi connectivity index (χ2v) is 17.3. The average molecular weight is 770 g/mol. The summed E-state index contributed by atoms with van der Waals surface area (Å²) in [5.74, 6) is 0.164. The molecule has 0 heterocycles. The van der Waals surface area contributed by atoms with Gasteiger partial charge in [-0.15, -0.1) is 0 Å². The van der Waals surface area contributed by atoms with Crippen LogP contribution in [-0.4, -0.2) is 0 Å². The monoisotopic (exact) mass is 769 g/mol. The molecule has 0 amide bonds. The third-order valence-electron chi connectivity index (χ3n) is 13.7. The van der Waals surface area contributed by atoms with Crippen molar-refractivity contribution in [3.05, 3.63) is 251 Å². The van der Waals surface area contributed by atoms with E-state index in [4.69, 9.17) is 0 Å². The minimum atomic E-state index is -0.377. The van der Waals surface area contributed by atoms with E-state index in [1.165, 1.54) is 77.9 Å². The molecule has 0 radical (unpaired) electrons. The Bertz CT molecular complexity index is 2960. The molecule has 0 saturated carbocycles. The molecule has 8 aromatic carbocycles. The summed E-state index contributed by atoms with van der Waals surface area (Å²) < 4.78 is 0. The molecule has 60 heavy (non-hydrogen) atoms. The van der Waals surface area contributed by atoms with Crippen LogP contribution in [0.4, 0.5) is 17.1 Å². The average Bonchev–Trinajstić information content (AvgIpc) is 3.74. The zero-order chi connectivity index (χ0) is 40.4. The summed E-state index contributed by atoms with van der Waals surface area (Å²) in [5, 5.41) is 0. The summed E-state index contributed by atoms with van der Waals surface area (Å²) >= 11 is 0. The maximum Gasteiger partial charge on any atom is 0.0536 e. The first-order chi connectivity index (χ1) is 29.4. The number of fused-ring (bicyclic) bond motifs is 10. The van der Waals surface area contributed by atoms with Gasteiger partial charge in [0.15, 0.2) is 0 Å². The lowest BCUT2D eigenvalue weighted by atomic mass is 9.63. The molecule has 1 unspecified atom stereocenters. The van der Waals surface area contributed by atoms with Crippen LogP contribution in [0.25, 0.3) is 39.0 Å². The molecule has 1 nitrogen and oxygen atoms in total. The zero-order valence-corrected chi connectivity index (χ0v) is 34.4. The Kier molecular flexibility index (Phi) is 8.50. The van der Waals surface area contributed by atoms with Gasteiger partial charge in [-0.05, 0) is 121 Å². The molecule has 1 heteroatoms. The number of rotatable bonds is 5. The predicted octanol–water partition coefficient (Wildman–Crippen LogP) is 15.3. The number of benzene rings is 8. The SMILES string of the molecule is CC1/C=C\C=C(\c2ccccc2N(c2ccccc2)c2ccc3c(c2)C(C)(C)c2ccccc2-3)Cc2ccc(-c3ccccc3)cc2C12c1ccccc1-c1ccccc12. The summed E-state index contributed by atoms with van der Waals surface area (Å²) in [7, 11) is 0. The van der Waals surface area contributed by atoms with Gasteiger partial charge >= 0.3 is 0 Å². The van der Waals surface area contributed by atoms with Crippen LogP contribution < -0.4 is 4.90 Å². The van der Waals surface area contributed by atoms with Crippen molar-refractivity contribution in [2.24, 2.45) is 5.92 Å². The van der Waals surface area contributed by atoms with Crippen molar-refractivity contribution in [1.29, 1.82) is 0 Å². The molecule has 11 rings (SSSR count). The molecule has 0 aromatic heterocycles. The Hall–Kier alpha value is -6.96. The van der Waals surface area contributed by atoms with Gasteiger partial charge in [-0.1, -0.05) is 197 Å². The van der Waals surface area contributed by atoms with Crippen LogP contribution >= 0.6 is 0 Å². The molecular formula is C59H47N. The van der Waals surface area contributed by atoms with Crippen LogP contribution in [0, 0.1) is 5.92 Å². The van der Waals surface area contributed by atoms with Gasteiger partial charge in [0.2, 0.25) is 0 Å². The van der Waals surface area contributed by atoms with Gasteiger partial charge in [0.05, 0.1) is 11.1 Å². The number of hydrogen-bond donors (Lipinski definition) is 0. The maximum absolute atomic E-state index is 2.52. The van der Waals surface area contributed by atoms with Crippen LogP contribution in [0.3, 0.4) is 0 Å². The van der Waals surface area contributed by atoms with Gasteiger partial charge in [-0.2, -0.15) is 0 Å². The highest BCUT2D eigenvalue weighted by Gasteiger charge is 2.49. The molecule has 1 spiro atoms. The first-order valence-corrected chi connectivity index (χ1v) is 21.4. The molecule has 0 fully saturated rings. The van der Waals surface area contributed by atoms with E-state index in [9.17, 15) is 0 Å². The van der Waals surface area contributed by atoms with E-state index in [0.29, 0.717) is 0 Å². The van der Waals surface area contributed by atoms with Crippen molar-refractivity contribution in [2.75, 3.05) is 4.90 Å². The van der Waals surface area contributed by atoms with Crippen molar-refractivity contribution in [2.45, 2.75) is 38.0 Å². The second-order valence-electron chi connectivity index (χ2n) is 17.3. The minimum Gasteiger partial charge on any atom is -0.310 e. The Morgan fingerprint density at radius 1 is 0.450 bits per heavy atom. The molecular weight excluding hydrogens is 723 g/mol. The zero-order valence-electron chi connectivity index (χ0n) is 34.4. The van der Waals surface area contributed by atoms with E-state index in [-0.39, 0.29) is 16.7 Å². The fourth-order valence-corrected chi connectivity index (χ4v) is 10.9. The van der Waals surface area contributed by atoms with E-state index in [2.05, 4.69) is 238 Å². The largest absolute Gasteiger partial charge is 0.310 e. The molecule has 0 N–H and O–H groups in total. The number of allylic oxidation sites excluding steroid dienone is 4.